The topological polar surface area (TPSA) is 113 Å². The molecule has 0 bridgehead atoms. The Kier molecular flexibility index (Phi) is 8.28. The number of carbonyl (C=O) groups is 3. The van der Waals surface area contributed by atoms with Crippen molar-refractivity contribution in [1.29, 1.82) is 0 Å². The van der Waals surface area contributed by atoms with Crippen molar-refractivity contribution in [2.24, 2.45) is 11.3 Å². The minimum Gasteiger partial charge on any atom is -0.467 e. The molecule has 1 N–H and O–H groups in total. The number of anilines is 1. The predicted molar refractivity (Wildman–Crippen MR) is 148 cm³/mol. The van der Waals surface area contributed by atoms with Crippen LogP contribution in [0.15, 0.2) is 53.4 Å². The molecule has 2 aliphatic rings. The average molecular weight is 576 g/mol. The number of hydrogen-bond donors (Lipinski definition) is 1. The highest BCUT2D eigenvalue weighted by molar-refractivity contribution is 7.90. The summed E-state index contributed by atoms with van der Waals surface area (Å²) in [5.74, 6) is -0.780. The lowest BCUT2D eigenvalue weighted by Crippen LogP contribution is -2.67. The lowest BCUT2D eigenvalue weighted by atomic mass is 9.62. The smallest absolute Gasteiger partial charge is 0.328 e. The molecule has 2 fully saturated rings. The van der Waals surface area contributed by atoms with E-state index in [1.165, 1.54) is 13.2 Å². The molecule has 11 heteroatoms. The molecule has 210 valence electrons. The van der Waals surface area contributed by atoms with Crippen molar-refractivity contribution in [3.8, 4) is 0 Å². The number of likely N-dealkylation sites (tertiary alicyclic amines) is 1. The summed E-state index contributed by atoms with van der Waals surface area (Å²) >= 11 is 6.14. The van der Waals surface area contributed by atoms with E-state index in [1.807, 2.05) is 26.0 Å². The van der Waals surface area contributed by atoms with Crippen molar-refractivity contribution < 1.29 is 27.5 Å². The Hall–Kier alpha value is -3.11. The zero-order chi connectivity index (χ0) is 28.5. The van der Waals surface area contributed by atoms with Crippen LogP contribution < -0.4 is 10.2 Å². The number of amides is 3. The molecule has 2 aliphatic heterocycles. The molecule has 2 aromatic rings. The summed E-state index contributed by atoms with van der Waals surface area (Å²) < 4.78 is 30.0. The number of β-lactam (4-membered cyclic amide) rings is 1. The zero-order valence-corrected chi connectivity index (χ0v) is 24.1. The van der Waals surface area contributed by atoms with Crippen LogP contribution in [0, 0.1) is 11.3 Å². The Labute approximate surface area is 234 Å². The number of para-hydroxylation sites is 1. The number of hydrogen-bond acceptors (Lipinski definition) is 6. The Morgan fingerprint density at radius 1 is 1.13 bits per heavy atom. The van der Waals surface area contributed by atoms with Gasteiger partial charge in [0.1, 0.15) is 6.04 Å². The van der Waals surface area contributed by atoms with Gasteiger partial charge in [-0.1, -0.05) is 56.1 Å². The molecule has 39 heavy (non-hydrogen) atoms. The zero-order valence-electron chi connectivity index (χ0n) is 22.5. The molecule has 4 rings (SSSR count). The van der Waals surface area contributed by atoms with Crippen molar-refractivity contribution >= 4 is 45.0 Å². The van der Waals surface area contributed by atoms with Gasteiger partial charge >= 0.3 is 12.0 Å². The summed E-state index contributed by atoms with van der Waals surface area (Å²) in [7, 11) is -2.30. The first-order valence-electron chi connectivity index (χ1n) is 13.0. The first-order valence-corrected chi connectivity index (χ1v) is 15.2. The summed E-state index contributed by atoms with van der Waals surface area (Å²) in [6.45, 7) is 4.42. The third kappa shape index (κ3) is 5.36. The van der Waals surface area contributed by atoms with Gasteiger partial charge in [-0.15, -0.1) is 0 Å². The molecule has 3 amide bonds. The first kappa shape index (κ1) is 28.9. The van der Waals surface area contributed by atoms with E-state index in [9.17, 15) is 22.8 Å². The van der Waals surface area contributed by atoms with Crippen LogP contribution in [0.3, 0.4) is 0 Å². The van der Waals surface area contributed by atoms with Crippen molar-refractivity contribution in [2.75, 3.05) is 31.4 Å². The van der Waals surface area contributed by atoms with Gasteiger partial charge in [-0.25, -0.2) is 18.0 Å². The van der Waals surface area contributed by atoms with Crippen LogP contribution >= 0.6 is 11.6 Å². The average Bonchev–Trinajstić information content (AvgIpc) is 2.93. The Morgan fingerprint density at radius 3 is 2.31 bits per heavy atom. The maximum absolute atomic E-state index is 13.9. The van der Waals surface area contributed by atoms with Gasteiger partial charge in [-0.2, -0.15) is 0 Å². The van der Waals surface area contributed by atoms with E-state index in [1.54, 1.807) is 40.1 Å². The molecule has 0 saturated carbocycles. The molecule has 2 aromatic carbocycles. The van der Waals surface area contributed by atoms with E-state index >= 15 is 0 Å². The lowest BCUT2D eigenvalue weighted by Gasteiger charge is -2.59. The number of nitrogens with one attached hydrogen (secondary N) is 1. The van der Waals surface area contributed by atoms with Gasteiger partial charge in [0.15, 0.2) is 9.84 Å². The van der Waals surface area contributed by atoms with Crippen LogP contribution in [-0.2, 0) is 24.2 Å². The highest BCUT2D eigenvalue weighted by atomic mass is 35.5. The Balaban J connectivity index is 1.61. The fourth-order valence-corrected chi connectivity index (χ4v) is 6.60. The van der Waals surface area contributed by atoms with Gasteiger partial charge in [0.2, 0.25) is 5.91 Å². The molecular weight excluding hydrogens is 542 g/mol. The van der Waals surface area contributed by atoms with E-state index in [-0.39, 0.29) is 22.8 Å². The predicted octanol–water partition coefficient (Wildman–Crippen LogP) is 4.21. The summed E-state index contributed by atoms with van der Waals surface area (Å²) in [6.07, 6.45) is 2.58. The minimum absolute atomic E-state index is 0.0860. The number of esters is 1. The number of urea groups is 1. The molecule has 3 atom stereocenters. The number of piperidine rings is 1. The molecule has 3 unspecified atom stereocenters. The van der Waals surface area contributed by atoms with Crippen LogP contribution in [0.5, 0.6) is 0 Å². The maximum Gasteiger partial charge on any atom is 0.328 e. The second-order valence-corrected chi connectivity index (χ2v) is 12.8. The van der Waals surface area contributed by atoms with Gasteiger partial charge in [-0.3, -0.25) is 4.79 Å². The summed E-state index contributed by atoms with van der Waals surface area (Å²) in [4.78, 5) is 42.5. The van der Waals surface area contributed by atoms with Crippen molar-refractivity contribution in [2.45, 2.75) is 50.1 Å². The molecule has 2 saturated heterocycles. The number of rotatable bonds is 7. The number of methoxy groups -OCH3 is 1. The molecule has 0 radical (unpaired) electrons. The van der Waals surface area contributed by atoms with Gasteiger partial charge in [-0.05, 0) is 48.6 Å². The normalized spacial score (nSPS) is 20.2. The van der Waals surface area contributed by atoms with Crippen LogP contribution in [0.1, 0.15) is 44.7 Å². The fraction of sp³-hybridized carbons (Fsp3) is 0.464. The summed E-state index contributed by atoms with van der Waals surface area (Å²) in [5, 5.41) is 3.36. The van der Waals surface area contributed by atoms with Gasteiger partial charge < -0.3 is 19.9 Å². The van der Waals surface area contributed by atoms with E-state index < -0.39 is 33.3 Å². The van der Waals surface area contributed by atoms with Crippen molar-refractivity contribution in [1.82, 2.24) is 10.2 Å². The number of sulfone groups is 1. The first-order chi connectivity index (χ1) is 18.4. The number of nitrogens with zero attached hydrogens (tertiary/aromatic N) is 2. The molecular formula is C28H34ClN3O6S. The SMILES string of the molecule is CCC(C)C(NC(=O)N1CCC2(CC1)C(=O)N(c1ccccc1S(C)(=O)=O)C2c1ccc(Cl)cc1)C(=O)OC. The maximum atomic E-state index is 13.9. The van der Waals surface area contributed by atoms with Crippen LogP contribution in [0.4, 0.5) is 10.5 Å². The molecule has 0 aromatic heterocycles. The van der Waals surface area contributed by atoms with Crippen molar-refractivity contribution in [3.63, 3.8) is 0 Å². The molecule has 0 aliphatic carbocycles. The van der Waals surface area contributed by atoms with Gasteiger partial charge in [0, 0.05) is 24.4 Å². The minimum atomic E-state index is -3.60. The van der Waals surface area contributed by atoms with E-state index in [4.69, 9.17) is 16.3 Å². The highest BCUT2D eigenvalue weighted by Gasteiger charge is 2.62. The second-order valence-electron chi connectivity index (χ2n) is 10.3. The third-order valence-electron chi connectivity index (χ3n) is 8.03. The standard InChI is InChI=1S/C28H34ClN3O6S/c1-5-18(2)23(25(33)38-3)30-27(35)31-16-14-28(15-17-31)24(19-10-12-20(29)13-11-19)32(26(28)34)21-8-6-7-9-22(21)39(4,36)37/h6-13,18,23-24H,5,14-17H2,1-4H3,(H,30,35). The quantitative estimate of drug-likeness (QED) is 0.391. The molecule has 2 heterocycles. The monoisotopic (exact) mass is 575 g/mol. The Morgan fingerprint density at radius 2 is 1.74 bits per heavy atom. The lowest BCUT2D eigenvalue weighted by molar-refractivity contribution is -0.144. The van der Waals surface area contributed by atoms with Gasteiger partial charge in [0.25, 0.3) is 0 Å². The van der Waals surface area contributed by atoms with Crippen LogP contribution in [0.25, 0.3) is 0 Å². The number of carbonyl (C=O) groups excluding carboxylic acids is 3. The Bertz CT molecular complexity index is 1360. The summed E-state index contributed by atoms with van der Waals surface area (Å²) in [5.41, 5.74) is 0.362. The van der Waals surface area contributed by atoms with Crippen LogP contribution in [0.2, 0.25) is 5.02 Å². The number of halogens is 1. The third-order valence-corrected chi connectivity index (χ3v) is 9.42. The van der Waals surface area contributed by atoms with E-state index in [2.05, 4.69) is 5.32 Å². The number of ether oxygens (including phenoxy) is 1. The van der Waals surface area contributed by atoms with Crippen LogP contribution in [-0.4, -0.2) is 63.7 Å². The number of benzene rings is 2. The second kappa shape index (κ2) is 11.2. The summed E-state index contributed by atoms with van der Waals surface area (Å²) in [6, 6.07) is 12.1. The molecule has 1 spiro atoms. The van der Waals surface area contributed by atoms with Gasteiger partial charge in [0.05, 0.1) is 29.1 Å². The van der Waals surface area contributed by atoms with E-state index in [0.29, 0.717) is 43.1 Å². The largest absolute Gasteiger partial charge is 0.467 e. The highest BCUT2D eigenvalue weighted by Crippen LogP contribution is 2.58. The molecule has 9 nitrogen and oxygen atoms in total. The fourth-order valence-electron chi connectivity index (χ4n) is 5.60. The van der Waals surface area contributed by atoms with E-state index in [0.717, 1.165) is 11.8 Å². The van der Waals surface area contributed by atoms with Crippen molar-refractivity contribution in [3.05, 3.63) is 59.1 Å².